The fraction of sp³-hybridized carbons (Fsp3) is 0.438. The van der Waals surface area contributed by atoms with Crippen LogP contribution in [0.4, 0.5) is 0 Å². The van der Waals surface area contributed by atoms with E-state index >= 15 is 0 Å². The Morgan fingerprint density at radius 3 is 2.86 bits per heavy atom. The maximum Gasteiger partial charge on any atom is 0.233 e. The van der Waals surface area contributed by atoms with Crippen LogP contribution in [-0.4, -0.2) is 47.8 Å². The van der Waals surface area contributed by atoms with Gasteiger partial charge in [-0.05, 0) is 5.56 Å². The van der Waals surface area contributed by atoms with Gasteiger partial charge in [-0.1, -0.05) is 35.5 Å². The summed E-state index contributed by atoms with van der Waals surface area (Å²) in [5.41, 5.74) is 1.04. The summed E-state index contributed by atoms with van der Waals surface area (Å²) in [4.78, 5) is 18.3. The van der Waals surface area contributed by atoms with Crippen molar-refractivity contribution in [1.82, 2.24) is 15.0 Å². The Bertz CT molecular complexity index is 621. The summed E-state index contributed by atoms with van der Waals surface area (Å²) in [5.74, 6) is 1.57. The minimum Gasteiger partial charge on any atom is -0.384 e. The van der Waals surface area contributed by atoms with E-state index in [0.717, 1.165) is 5.56 Å². The van der Waals surface area contributed by atoms with Gasteiger partial charge >= 0.3 is 0 Å². The fourth-order valence-corrected chi connectivity index (χ4v) is 2.45. The van der Waals surface area contributed by atoms with Crippen LogP contribution >= 0.6 is 0 Å². The van der Waals surface area contributed by atoms with Gasteiger partial charge in [0.25, 0.3) is 0 Å². The van der Waals surface area contributed by atoms with Crippen molar-refractivity contribution < 1.29 is 14.1 Å². The average molecular weight is 301 g/mol. The normalized spacial score (nSPS) is 14.9. The van der Waals surface area contributed by atoms with E-state index in [4.69, 9.17) is 9.26 Å². The maximum absolute atomic E-state index is 12.2. The first kappa shape index (κ1) is 14.7. The van der Waals surface area contributed by atoms with Gasteiger partial charge in [-0.2, -0.15) is 4.98 Å². The lowest BCUT2D eigenvalue weighted by atomic mass is 9.99. The summed E-state index contributed by atoms with van der Waals surface area (Å²) in [5, 5.41) is 3.92. The molecule has 0 radical (unpaired) electrons. The molecule has 1 saturated heterocycles. The van der Waals surface area contributed by atoms with Gasteiger partial charge in [-0.3, -0.25) is 4.79 Å². The highest BCUT2D eigenvalue weighted by Gasteiger charge is 2.35. The summed E-state index contributed by atoms with van der Waals surface area (Å²) in [7, 11) is 1.64. The Morgan fingerprint density at radius 2 is 2.14 bits per heavy atom. The number of carbonyl (C=O) groups excluding carboxylic acids is 1. The van der Waals surface area contributed by atoms with Crippen LogP contribution in [0.15, 0.2) is 34.9 Å². The number of rotatable bonds is 6. The SMILES string of the molecule is COCCc1noc(C2CN(C(=O)Cc3ccccc3)C2)n1. The molecular formula is C16H19N3O3. The number of hydrogen-bond acceptors (Lipinski definition) is 5. The predicted octanol–water partition coefficient (Wildman–Crippen LogP) is 1.43. The number of nitrogens with zero attached hydrogens (tertiary/aromatic N) is 3. The topological polar surface area (TPSA) is 68.5 Å². The van der Waals surface area contributed by atoms with Gasteiger partial charge in [-0.25, -0.2) is 0 Å². The molecule has 6 heteroatoms. The average Bonchev–Trinajstić information content (AvgIpc) is 2.93. The molecule has 0 saturated carbocycles. The summed E-state index contributed by atoms with van der Waals surface area (Å²) < 4.78 is 10.2. The molecule has 0 aliphatic carbocycles. The van der Waals surface area contributed by atoms with E-state index in [9.17, 15) is 4.79 Å². The molecule has 0 atom stereocenters. The number of likely N-dealkylation sites (tertiary alicyclic amines) is 1. The van der Waals surface area contributed by atoms with Crippen LogP contribution in [0.3, 0.4) is 0 Å². The van der Waals surface area contributed by atoms with E-state index in [1.54, 1.807) is 7.11 Å². The molecule has 3 rings (SSSR count). The highest BCUT2D eigenvalue weighted by atomic mass is 16.5. The highest BCUT2D eigenvalue weighted by molar-refractivity contribution is 5.79. The molecular weight excluding hydrogens is 282 g/mol. The van der Waals surface area contributed by atoms with Crippen LogP contribution in [0.1, 0.15) is 23.2 Å². The smallest absolute Gasteiger partial charge is 0.233 e. The number of ether oxygens (including phenoxy) is 1. The van der Waals surface area contributed by atoms with Gasteiger partial charge in [0, 0.05) is 26.6 Å². The third-order valence-electron chi connectivity index (χ3n) is 3.80. The molecule has 1 fully saturated rings. The molecule has 0 unspecified atom stereocenters. The number of aromatic nitrogens is 2. The van der Waals surface area contributed by atoms with Crippen molar-refractivity contribution in [3.63, 3.8) is 0 Å². The molecule has 0 bridgehead atoms. The van der Waals surface area contributed by atoms with Crippen LogP contribution in [0.5, 0.6) is 0 Å². The zero-order valence-electron chi connectivity index (χ0n) is 12.6. The molecule has 22 heavy (non-hydrogen) atoms. The van der Waals surface area contributed by atoms with Gasteiger partial charge in [0.2, 0.25) is 11.8 Å². The third-order valence-corrected chi connectivity index (χ3v) is 3.80. The van der Waals surface area contributed by atoms with Crippen LogP contribution in [-0.2, 0) is 22.4 Å². The lowest BCUT2D eigenvalue weighted by Gasteiger charge is -2.37. The Kier molecular flexibility index (Phi) is 4.48. The van der Waals surface area contributed by atoms with Gasteiger partial charge in [0.05, 0.1) is 18.9 Å². The Labute approximate surface area is 129 Å². The van der Waals surface area contributed by atoms with Crippen LogP contribution in [0, 0.1) is 0 Å². The Balaban J connectivity index is 1.49. The molecule has 0 N–H and O–H groups in total. The van der Waals surface area contributed by atoms with Gasteiger partial charge in [-0.15, -0.1) is 0 Å². The summed E-state index contributed by atoms with van der Waals surface area (Å²) >= 11 is 0. The molecule has 116 valence electrons. The summed E-state index contributed by atoms with van der Waals surface area (Å²) in [6.45, 7) is 1.88. The van der Waals surface area contributed by atoms with Crippen molar-refractivity contribution >= 4 is 5.91 Å². The van der Waals surface area contributed by atoms with Crippen LogP contribution in [0.25, 0.3) is 0 Å². The summed E-state index contributed by atoms with van der Waals surface area (Å²) in [6, 6.07) is 9.78. The lowest BCUT2D eigenvalue weighted by molar-refractivity contribution is -0.135. The minimum absolute atomic E-state index is 0.140. The molecule has 0 spiro atoms. The lowest BCUT2D eigenvalue weighted by Crippen LogP contribution is -2.49. The second kappa shape index (κ2) is 6.70. The van der Waals surface area contributed by atoms with E-state index in [0.29, 0.717) is 44.3 Å². The van der Waals surface area contributed by atoms with Crippen molar-refractivity contribution in [2.75, 3.05) is 26.8 Å². The van der Waals surface area contributed by atoms with E-state index in [2.05, 4.69) is 10.1 Å². The molecule has 1 aliphatic heterocycles. The van der Waals surface area contributed by atoms with E-state index in [1.807, 2.05) is 35.2 Å². The number of carbonyl (C=O) groups is 1. The number of hydrogen-bond donors (Lipinski definition) is 0. The molecule has 2 aromatic rings. The minimum atomic E-state index is 0.140. The fourth-order valence-electron chi connectivity index (χ4n) is 2.45. The third kappa shape index (κ3) is 3.33. The van der Waals surface area contributed by atoms with Gasteiger partial charge in [0.15, 0.2) is 5.82 Å². The molecule has 1 aromatic heterocycles. The second-order valence-electron chi connectivity index (χ2n) is 5.45. The van der Waals surface area contributed by atoms with Crippen molar-refractivity contribution in [3.05, 3.63) is 47.6 Å². The predicted molar refractivity (Wildman–Crippen MR) is 79.3 cm³/mol. The maximum atomic E-state index is 12.2. The van der Waals surface area contributed by atoms with E-state index < -0.39 is 0 Å². The zero-order valence-corrected chi connectivity index (χ0v) is 12.6. The Hall–Kier alpha value is -2.21. The highest BCUT2D eigenvalue weighted by Crippen LogP contribution is 2.26. The first-order chi connectivity index (χ1) is 10.8. The molecule has 1 aromatic carbocycles. The monoisotopic (exact) mass is 301 g/mol. The Morgan fingerprint density at radius 1 is 1.36 bits per heavy atom. The van der Waals surface area contributed by atoms with Gasteiger partial charge < -0.3 is 14.2 Å². The first-order valence-corrected chi connectivity index (χ1v) is 7.39. The number of methoxy groups -OCH3 is 1. The van der Waals surface area contributed by atoms with Crippen molar-refractivity contribution in [2.24, 2.45) is 0 Å². The van der Waals surface area contributed by atoms with Crippen LogP contribution < -0.4 is 0 Å². The standard InChI is InChI=1S/C16H19N3O3/c1-21-8-7-14-17-16(22-18-14)13-10-19(11-13)15(20)9-12-5-3-2-4-6-12/h2-6,13H,7-11H2,1H3. The van der Waals surface area contributed by atoms with Crippen molar-refractivity contribution in [1.29, 1.82) is 0 Å². The quantitative estimate of drug-likeness (QED) is 0.807. The van der Waals surface area contributed by atoms with Crippen LogP contribution in [0.2, 0.25) is 0 Å². The van der Waals surface area contributed by atoms with Crippen molar-refractivity contribution in [2.45, 2.75) is 18.8 Å². The van der Waals surface area contributed by atoms with Crippen molar-refractivity contribution in [3.8, 4) is 0 Å². The summed E-state index contributed by atoms with van der Waals surface area (Å²) in [6.07, 6.45) is 1.08. The number of benzene rings is 1. The number of amides is 1. The largest absolute Gasteiger partial charge is 0.384 e. The second-order valence-corrected chi connectivity index (χ2v) is 5.45. The molecule has 2 heterocycles. The van der Waals surface area contributed by atoms with E-state index in [1.165, 1.54) is 0 Å². The van der Waals surface area contributed by atoms with E-state index in [-0.39, 0.29) is 11.8 Å². The zero-order chi connectivity index (χ0) is 15.4. The first-order valence-electron chi connectivity index (χ1n) is 7.39. The van der Waals surface area contributed by atoms with Gasteiger partial charge in [0.1, 0.15) is 0 Å². The molecule has 1 aliphatic rings. The molecule has 1 amide bonds. The molecule has 6 nitrogen and oxygen atoms in total.